The van der Waals surface area contributed by atoms with Gasteiger partial charge in [-0.15, -0.1) is 0 Å². The van der Waals surface area contributed by atoms with Gasteiger partial charge in [-0.2, -0.15) is 9.30 Å². The zero-order valence-electron chi connectivity index (χ0n) is 18.3. The van der Waals surface area contributed by atoms with E-state index in [4.69, 9.17) is 0 Å². The van der Waals surface area contributed by atoms with Crippen LogP contribution in [0.1, 0.15) is 41.3 Å². The number of aromatic nitrogens is 1. The number of carbonyl (C=O) groups excluding carboxylic acids is 1. The van der Waals surface area contributed by atoms with E-state index in [9.17, 15) is 13.2 Å². The minimum Gasteiger partial charge on any atom is -0.319 e. The standard InChI is InChI=1S/C23H27N3O3S2/c1-15-6-5-13-26(14-15)31(28,29)19-11-9-18(10-12-19)22(27)24-23-25(4)20-16(2)7-8-17(3)21(20)30-23/h7-12,15H,5-6,13-14H2,1-4H3. The van der Waals surface area contributed by atoms with E-state index in [0.29, 0.717) is 29.4 Å². The smallest absolute Gasteiger partial charge is 0.279 e. The number of sulfonamides is 1. The van der Waals surface area contributed by atoms with Gasteiger partial charge in [-0.05, 0) is 68.0 Å². The van der Waals surface area contributed by atoms with Crippen molar-refractivity contribution in [3.05, 3.63) is 57.9 Å². The molecule has 1 amide bonds. The van der Waals surface area contributed by atoms with Gasteiger partial charge in [-0.1, -0.05) is 30.4 Å². The summed E-state index contributed by atoms with van der Waals surface area (Å²) in [5, 5.41) is 0. The van der Waals surface area contributed by atoms with Crippen LogP contribution >= 0.6 is 11.3 Å². The van der Waals surface area contributed by atoms with E-state index >= 15 is 0 Å². The summed E-state index contributed by atoms with van der Waals surface area (Å²) >= 11 is 1.49. The quantitative estimate of drug-likeness (QED) is 0.596. The van der Waals surface area contributed by atoms with Gasteiger partial charge in [0.05, 0.1) is 15.1 Å². The van der Waals surface area contributed by atoms with Crippen molar-refractivity contribution in [1.29, 1.82) is 0 Å². The number of carbonyl (C=O) groups is 1. The molecule has 1 aromatic heterocycles. The fourth-order valence-corrected chi connectivity index (χ4v) is 6.87. The molecule has 0 radical (unpaired) electrons. The number of benzene rings is 2. The molecule has 2 heterocycles. The van der Waals surface area contributed by atoms with Crippen LogP contribution in [0.25, 0.3) is 10.2 Å². The van der Waals surface area contributed by atoms with Gasteiger partial charge in [0.25, 0.3) is 5.91 Å². The molecule has 1 aliphatic rings. The monoisotopic (exact) mass is 457 g/mol. The zero-order chi connectivity index (χ0) is 22.3. The summed E-state index contributed by atoms with van der Waals surface area (Å²) in [6, 6.07) is 10.3. The Balaban J connectivity index is 1.64. The highest BCUT2D eigenvalue weighted by molar-refractivity contribution is 7.89. The molecule has 1 aliphatic heterocycles. The van der Waals surface area contributed by atoms with Crippen molar-refractivity contribution in [2.24, 2.45) is 18.0 Å². The molecule has 0 aliphatic carbocycles. The number of nitrogens with zero attached hydrogens (tertiary/aromatic N) is 3. The summed E-state index contributed by atoms with van der Waals surface area (Å²) in [5.74, 6) is -0.0227. The number of rotatable bonds is 3. The molecular formula is C23H27N3O3S2. The van der Waals surface area contributed by atoms with E-state index in [1.807, 2.05) is 25.5 Å². The summed E-state index contributed by atoms with van der Waals surface area (Å²) in [5.41, 5.74) is 3.73. The highest BCUT2D eigenvalue weighted by Crippen LogP contribution is 2.25. The predicted octanol–water partition coefficient (Wildman–Crippen LogP) is 4.02. The summed E-state index contributed by atoms with van der Waals surface area (Å²) in [6.07, 6.45) is 1.93. The molecule has 0 spiro atoms. The average Bonchev–Trinajstić information content (AvgIpc) is 3.08. The Morgan fingerprint density at radius 3 is 2.42 bits per heavy atom. The van der Waals surface area contributed by atoms with Gasteiger partial charge in [0, 0.05) is 25.7 Å². The maximum absolute atomic E-state index is 12.9. The third-order valence-corrected chi connectivity index (χ3v) is 9.05. The van der Waals surface area contributed by atoms with Crippen molar-refractivity contribution in [2.75, 3.05) is 13.1 Å². The van der Waals surface area contributed by atoms with Crippen LogP contribution in [0, 0.1) is 19.8 Å². The third kappa shape index (κ3) is 4.12. The SMILES string of the molecule is Cc1ccc(C)c2c1sc(=NC(=O)c1ccc(S(=O)(=O)N3CCCC(C)C3)cc1)n2C. The van der Waals surface area contributed by atoms with E-state index in [1.165, 1.54) is 23.5 Å². The van der Waals surface area contributed by atoms with Gasteiger partial charge >= 0.3 is 0 Å². The van der Waals surface area contributed by atoms with Gasteiger partial charge in [0.2, 0.25) is 10.0 Å². The first-order valence-corrected chi connectivity index (χ1v) is 12.7. The minimum absolute atomic E-state index is 0.219. The van der Waals surface area contributed by atoms with Crippen molar-refractivity contribution >= 4 is 37.5 Å². The molecule has 164 valence electrons. The van der Waals surface area contributed by atoms with E-state index in [0.717, 1.165) is 34.2 Å². The number of hydrogen-bond donors (Lipinski definition) is 0. The van der Waals surface area contributed by atoms with Crippen molar-refractivity contribution in [1.82, 2.24) is 8.87 Å². The topological polar surface area (TPSA) is 71.7 Å². The molecule has 0 bridgehead atoms. The van der Waals surface area contributed by atoms with Gasteiger partial charge in [0.1, 0.15) is 0 Å². The summed E-state index contributed by atoms with van der Waals surface area (Å²) in [7, 11) is -1.63. The fraction of sp³-hybridized carbons (Fsp3) is 0.391. The summed E-state index contributed by atoms with van der Waals surface area (Å²) < 4.78 is 30.5. The molecule has 1 atom stereocenters. The van der Waals surface area contributed by atoms with Crippen LogP contribution in [0.15, 0.2) is 46.3 Å². The summed E-state index contributed by atoms with van der Waals surface area (Å²) in [6.45, 7) is 7.25. The van der Waals surface area contributed by atoms with Crippen LogP contribution in [0.4, 0.5) is 0 Å². The van der Waals surface area contributed by atoms with Crippen molar-refractivity contribution in [2.45, 2.75) is 38.5 Å². The van der Waals surface area contributed by atoms with Crippen LogP contribution in [0.5, 0.6) is 0 Å². The van der Waals surface area contributed by atoms with Gasteiger partial charge < -0.3 is 4.57 Å². The molecule has 8 heteroatoms. The molecule has 31 heavy (non-hydrogen) atoms. The van der Waals surface area contributed by atoms with Gasteiger partial charge in [0.15, 0.2) is 4.80 Å². The first kappa shape index (κ1) is 21.9. The van der Waals surface area contributed by atoms with Crippen molar-refractivity contribution < 1.29 is 13.2 Å². The Morgan fingerprint density at radius 2 is 1.77 bits per heavy atom. The third-order valence-electron chi connectivity index (χ3n) is 5.90. The second kappa shape index (κ2) is 8.33. The highest BCUT2D eigenvalue weighted by atomic mass is 32.2. The number of fused-ring (bicyclic) bond motifs is 1. The lowest BCUT2D eigenvalue weighted by atomic mass is 10.0. The second-order valence-corrected chi connectivity index (χ2v) is 11.3. The number of thiazole rings is 1. The Labute approximate surface area is 186 Å². The van der Waals surface area contributed by atoms with E-state index in [1.54, 1.807) is 16.4 Å². The van der Waals surface area contributed by atoms with Crippen LogP contribution in [0.2, 0.25) is 0 Å². The Morgan fingerprint density at radius 1 is 1.10 bits per heavy atom. The molecule has 1 unspecified atom stereocenters. The number of hydrogen-bond acceptors (Lipinski definition) is 4. The van der Waals surface area contributed by atoms with Crippen molar-refractivity contribution in [3.63, 3.8) is 0 Å². The molecule has 6 nitrogen and oxygen atoms in total. The molecule has 1 saturated heterocycles. The lowest BCUT2D eigenvalue weighted by molar-refractivity contribution is 0.0998. The lowest BCUT2D eigenvalue weighted by Gasteiger charge is -2.30. The fourth-order valence-electron chi connectivity index (χ4n) is 4.10. The molecule has 0 N–H and O–H groups in total. The Bertz CT molecular complexity index is 1320. The highest BCUT2D eigenvalue weighted by Gasteiger charge is 2.28. The van der Waals surface area contributed by atoms with Crippen molar-refractivity contribution in [3.8, 4) is 0 Å². The van der Waals surface area contributed by atoms with Crippen LogP contribution in [0.3, 0.4) is 0 Å². The largest absolute Gasteiger partial charge is 0.319 e. The number of amides is 1. The van der Waals surface area contributed by atoms with Gasteiger partial charge in [-0.3, -0.25) is 4.79 Å². The van der Waals surface area contributed by atoms with Gasteiger partial charge in [-0.25, -0.2) is 8.42 Å². The maximum Gasteiger partial charge on any atom is 0.279 e. The molecule has 4 rings (SSSR count). The average molecular weight is 458 g/mol. The molecule has 2 aromatic carbocycles. The van der Waals surface area contributed by atoms with Crippen LogP contribution < -0.4 is 4.80 Å². The molecular weight excluding hydrogens is 430 g/mol. The zero-order valence-corrected chi connectivity index (χ0v) is 19.9. The Kier molecular flexibility index (Phi) is 5.89. The van der Waals surface area contributed by atoms with E-state index in [2.05, 4.69) is 24.0 Å². The lowest BCUT2D eigenvalue weighted by Crippen LogP contribution is -2.39. The minimum atomic E-state index is -3.54. The number of piperidine rings is 1. The first-order chi connectivity index (χ1) is 14.7. The van der Waals surface area contributed by atoms with E-state index in [-0.39, 0.29) is 10.8 Å². The summed E-state index contributed by atoms with van der Waals surface area (Å²) in [4.78, 5) is 17.9. The first-order valence-electron chi connectivity index (χ1n) is 10.4. The van der Waals surface area contributed by atoms with E-state index < -0.39 is 10.0 Å². The second-order valence-electron chi connectivity index (χ2n) is 8.37. The predicted molar refractivity (Wildman–Crippen MR) is 124 cm³/mol. The number of aryl methyl sites for hydroxylation is 3. The maximum atomic E-state index is 12.9. The van der Waals surface area contributed by atoms with Crippen LogP contribution in [-0.4, -0.2) is 36.3 Å². The molecule has 0 saturated carbocycles. The molecule has 3 aromatic rings. The Hall–Kier alpha value is -2.29. The van der Waals surface area contributed by atoms with Crippen LogP contribution in [-0.2, 0) is 17.1 Å². The normalized spacial score (nSPS) is 18.6. The molecule has 1 fully saturated rings.